The molecule has 3 atom stereocenters. The zero-order valence-corrected chi connectivity index (χ0v) is 14.8. The van der Waals surface area contributed by atoms with Gasteiger partial charge >= 0.3 is 5.69 Å². The van der Waals surface area contributed by atoms with Gasteiger partial charge < -0.3 is 10.6 Å². The monoisotopic (exact) mass is 358 g/mol. The zero-order valence-electron chi connectivity index (χ0n) is 14.8. The molecule has 26 heavy (non-hydrogen) atoms. The molecule has 0 aromatic carbocycles. The topological polar surface area (TPSA) is 83.6 Å². The van der Waals surface area contributed by atoms with Crippen LogP contribution in [0.1, 0.15) is 42.7 Å². The van der Waals surface area contributed by atoms with Gasteiger partial charge in [0, 0.05) is 30.3 Å². The number of pyridine rings is 1. The van der Waals surface area contributed by atoms with Gasteiger partial charge in [0.05, 0.1) is 17.4 Å². The Kier molecular flexibility index (Phi) is 3.35. The number of hydrogen-bond donors (Lipinski definition) is 2. The Labute approximate surface area is 149 Å². The van der Waals surface area contributed by atoms with Crippen molar-refractivity contribution in [2.75, 3.05) is 18.0 Å². The molecular formula is C19H23FN4O2. The van der Waals surface area contributed by atoms with E-state index in [1.807, 2.05) is 6.92 Å². The van der Waals surface area contributed by atoms with Gasteiger partial charge in [-0.05, 0) is 50.4 Å². The quantitative estimate of drug-likeness (QED) is 0.852. The number of aromatic nitrogens is 2. The first-order chi connectivity index (χ1) is 12.5. The van der Waals surface area contributed by atoms with Crippen molar-refractivity contribution in [1.82, 2.24) is 9.38 Å². The number of halogens is 1. The number of hydrogen-bond acceptors (Lipinski definition) is 4. The average molecular weight is 358 g/mol. The lowest BCUT2D eigenvalue weighted by atomic mass is 9.98. The summed E-state index contributed by atoms with van der Waals surface area (Å²) in [4.78, 5) is 29.1. The number of aryl methyl sites for hydroxylation is 1. The third-order valence-corrected chi connectivity index (χ3v) is 6.57. The molecule has 1 saturated heterocycles. The number of fused-ring (bicyclic) bond motifs is 2. The Balaban J connectivity index is 1.71. The summed E-state index contributed by atoms with van der Waals surface area (Å²) in [6, 6.07) is 0.182. The van der Waals surface area contributed by atoms with Gasteiger partial charge in [-0.3, -0.25) is 14.2 Å². The van der Waals surface area contributed by atoms with Crippen molar-refractivity contribution in [2.45, 2.75) is 44.6 Å². The fourth-order valence-electron chi connectivity index (χ4n) is 5.16. The molecule has 3 aliphatic rings. The third kappa shape index (κ3) is 2.19. The van der Waals surface area contributed by atoms with Crippen molar-refractivity contribution >= 4 is 11.2 Å². The Hall–Kier alpha value is -2.15. The first-order valence-corrected chi connectivity index (χ1v) is 9.44. The van der Waals surface area contributed by atoms with Crippen LogP contribution < -0.4 is 21.9 Å². The number of nitrogens with one attached hydrogen (secondary N) is 1. The Bertz CT molecular complexity index is 1020. The Morgan fingerprint density at radius 2 is 1.96 bits per heavy atom. The van der Waals surface area contributed by atoms with E-state index in [1.54, 1.807) is 0 Å². The molecule has 3 N–H and O–H groups in total. The lowest BCUT2D eigenvalue weighted by Crippen LogP contribution is -2.32. The van der Waals surface area contributed by atoms with E-state index in [4.69, 9.17) is 5.73 Å². The summed E-state index contributed by atoms with van der Waals surface area (Å²) in [7, 11) is 0. The van der Waals surface area contributed by atoms with Gasteiger partial charge in [-0.2, -0.15) is 0 Å². The lowest BCUT2D eigenvalue weighted by Gasteiger charge is -2.25. The molecule has 138 valence electrons. The molecule has 6 nitrogen and oxygen atoms in total. The maximum Gasteiger partial charge on any atom is 0.333 e. The van der Waals surface area contributed by atoms with Crippen molar-refractivity contribution in [3.05, 3.63) is 44.0 Å². The fraction of sp³-hybridized carbons (Fsp3) is 0.579. The number of rotatable bonds is 2. The summed E-state index contributed by atoms with van der Waals surface area (Å²) in [5, 5.41) is 0. The van der Waals surface area contributed by atoms with E-state index in [0.717, 1.165) is 38.8 Å². The molecule has 3 fully saturated rings. The highest BCUT2D eigenvalue weighted by Crippen LogP contribution is 2.44. The number of aromatic amines is 1. The zero-order chi connectivity index (χ0) is 18.2. The van der Waals surface area contributed by atoms with Crippen LogP contribution in [-0.4, -0.2) is 28.5 Å². The van der Waals surface area contributed by atoms with Crippen LogP contribution in [0.3, 0.4) is 0 Å². The van der Waals surface area contributed by atoms with Gasteiger partial charge in [-0.15, -0.1) is 0 Å². The minimum absolute atomic E-state index is 0.165. The number of H-pyrrole nitrogens is 1. The molecule has 2 aliphatic carbocycles. The first kappa shape index (κ1) is 16.1. The smallest absolute Gasteiger partial charge is 0.333 e. The first-order valence-electron chi connectivity index (χ1n) is 9.44. The molecule has 3 unspecified atom stereocenters. The van der Waals surface area contributed by atoms with Crippen molar-refractivity contribution in [2.24, 2.45) is 17.6 Å². The average Bonchev–Trinajstić information content (AvgIpc) is 3.24. The van der Waals surface area contributed by atoms with E-state index in [1.165, 1.54) is 10.6 Å². The Morgan fingerprint density at radius 3 is 2.65 bits per heavy atom. The molecule has 0 amide bonds. The van der Waals surface area contributed by atoms with Crippen molar-refractivity contribution in [3.63, 3.8) is 0 Å². The minimum Gasteiger partial charge on any atom is -0.368 e. The van der Waals surface area contributed by atoms with Crippen LogP contribution in [0.15, 0.2) is 15.8 Å². The van der Waals surface area contributed by atoms with E-state index < -0.39 is 11.5 Å². The molecule has 7 heteroatoms. The third-order valence-electron chi connectivity index (χ3n) is 6.57. The standard InChI is InChI=1S/C19H23FN4O2/c1-9-16(23-6-11-4-5-14(21)12(11)7-23)13(20)8-24-17(9)15(10-2-3-10)18(25)22-19(24)26/h8,10-12,14H,2-7,21H2,1H3,(H,22,25,26). The maximum atomic E-state index is 15.0. The van der Waals surface area contributed by atoms with Gasteiger partial charge in [0.15, 0.2) is 5.82 Å². The molecule has 0 radical (unpaired) electrons. The van der Waals surface area contributed by atoms with Crippen LogP contribution in [0.5, 0.6) is 0 Å². The fourth-order valence-corrected chi connectivity index (χ4v) is 5.16. The van der Waals surface area contributed by atoms with Crippen molar-refractivity contribution < 1.29 is 4.39 Å². The summed E-state index contributed by atoms with van der Waals surface area (Å²) >= 11 is 0. The molecule has 2 aromatic heterocycles. The SMILES string of the molecule is Cc1c(N2CC3CCC(N)C3C2)c(F)cn2c(=O)[nH]c(=O)c(C3CC3)c12. The number of anilines is 1. The van der Waals surface area contributed by atoms with Crippen LogP contribution in [0.4, 0.5) is 10.1 Å². The minimum atomic E-state index is -0.580. The van der Waals surface area contributed by atoms with Crippen molar-refractivity contribution in [1.29, 1.82) is 0 Å². The van der Waals surface area contributed by atoms with Gasteiger partial charge in [0.2, 0.25) is 0 Å². The summed E-state index contributed by atoms with van der Waals surface area (Å²) in [5.74, 6) is 0.649. The second-order valence-corrected chi connectivity index (χ2v) is 8.19. The predicted octanol–water partition coefficient (Wildman–Crippen LogP) is 1.49. The van der Waals surface area contributed by atoms with E-state index >= 15 is 4.39 Å². The molecule has 5 rings (SSSR count). The summed E-state index contributed by atoms with van der Waals surface area (Å²) in [5.41, 5.74) is 7.73. The molecule has 0 bridgehead atoms. The van der Waals surface area contributed by atoms with Gasteiger partial charge in [0.25, 0.3) is 5.56 Å². The van der Waals surface area contributed by atoms with Crippen LogP contribution in [0.2, 0.25) is 0 Å². The number of nitrogens with zero attached hydrogens (tertiary/aromatic N) is 2. The van der Waals surface area contributed by atoms with E-state index in [0.29, 0.717) is 34.2 Å². The normalized spacial score (nSPS) is 28.1. The molecule has 1 aliphatic heterocycles. The highest BCUT2D eigenvalue weighted by Gasteiger charge is 2.42. The van der Waals surface area contributed by atoms with Crippen LogP contribution in [0.25, 0.3) is 5.52 Å². The molecule has 2 aromatic rings. The summed E-state index contributed by atoms with van der Waals surface area (Å²) in [6.07, 6.45) is 5.23. The maximum absolute atomic E-state index is 15.0. The highest BCUT2D eigenvalue weighted by molar-refractivity contribution is 5.72. The largest absolute Gasteiger partial charge is 0.368 e. The molecular weight excluding hydrogens is 335 g/mol. The van der Waals surface area contributed by atoms with E-state index in [-0.39, 0.29) is 17.5 Å². The second-order valence-electron chi connectivity index (χ2n) is 8.19. The van der Waals surface area contributed by atoms with Crippen LogP contribution >= 0.6 is 0 Å². The van der Waals surface area contributed by atoms with Crippen LogP contribution in [0, 0.1) is 24.6 Å². The summed E-state index contributed by atoms with van der Waals surface area (Å²) in [6.45, 7) is 3.36. The predicted molar refractivity (Wildman–Crippen MR) is 97.4 cm³/mol. The molecule has 2 saturated carbocycles. The molecule has 3 heterocycles. The number of nitrogens with two attached hydrogens (primary N) is 1. The Morgan fingerprint density at radius 1 is 1.19 bits per heavy atom. The van der Waals surface area contributed by atoms with E-state index in [9.17, 15) is 9.59 Å². The van der Waals surface area contributed by atoms with E-state index in [2.05, 4.69) is 9.88 Å². The summed E-state index contributed by atoms with van der Waals surface area (Å²) < 4.78 is 16.3. The van der Waals surface area contributed by atoms with Gasteiger partial charge in [-0.1, -0.05) is 0 Å². The molecule has 0 spiro atoms. The lowest BCUT2D eigenvalue weighted by molar-refractivity contribution is 0.453. The van der Waals surface area contributed by atoms with Gasteiger partial charge in [0.1, 0.15) is 0 Å². The van der Waals surface area contributed by atoms with Crippen molar-refractivity contribution in [3.8, 4) is 0 Å². The second kappa shape index (κ2) is 5.42. The van der Waals surface area contributed by atoms with Gasteiger partial charge in [-0.25, -0.2) is 9.18 Å². The highest BCUT2D eigenvalue weighted by atomic mass is 19.1. The van der Waals surface area contributed by atoms with Crippen LogP contribution in [-0.2, 0) is 0 Å².